The van der Waals surface area contributed by atoms with Crippen molar-refractivity contribution >= 4 is 23.2 Å². The zero-order chi connectivity index (χ0) is 20.8. The SMILES string of the molecule is O=C(NC[C@@H]1CCCO1)c1cc(NC(=O)C2CCCCC2)ccc1N1CCCCC1. The van der Waals surface area contributed by atoms with Gasteiger partial charge >= 0.3 is 0 Å². The summed E-state index contributed by atoms with van der Waals surface area (Å²) in [5.74, 6) is 0.100. The van der Waals surface area contributed by atoms with Gasteiger partial charge in [0.05, 0.1) is 11.7 Å². The summed E-state index contributed by atoms with van der Waals surface area (Å²) in [7, 11) is 0. The largest absolute Gasteiger partial charge is 0.376 e. The molecule has 2 heterocycles. The number of amides is 2. The van der Waals surface area contributed by atoms with E-state index in [2.05, 4.69) is 15.5 Å². The maximum absolute atomic E-state index is 13.1. The lowest BCUT2D eigenvalue weighted by Crippen LogP contribution is -2.35. The highest BCUT2D eigenvalue weighted by Gasteiger charge is 2.24. The van der Waals surface area contributed by atoms with E-state index >= 15 is 0 Å². The summed E-state index contributed by atoms with van der Waals surface area (Å²) in [5, 5.41) is 6.13. The van der Waals surface area contributed by atoms with Gasteiger partial charge in [-0.05, 0) is 63.1 Å². The molecule has 0 radical (unpaired) electrons. The van der Waals surface area contributed by atoms with Crippen molar-refractivity contribution < 1.29 is 14.3 Å². The second kappa shape index (κ2) is 10.3. The van der Waals surface area contributed by atoms with Crippen LogP contribution in [-0.4, -0.2) is 44.2 Å². The maximum atomic E-state index is 13.1. The van der Waals surface area contributed by atoms with Crippen LogP contribution in [0.5, 0.6) is 0 Å². The summed E-state index contributed by atoms with van der Waals surface area (Å²) in [5.41, 5.74) is 2.33. The predicted octanol–water partition coefficient (Wildman–Crippen LogP) is 4.10. The van der Waals surface area contributed by atoms with Crippen molar-refractivity contribution in [2.45, 2.75) is 70.3 Å². The molecule has 3 aliphatic rings. The molecule has 0 aromatic heterocycles. The van der Waals surface area contributed by atoms with Crippen molar-refractivity contribution in [3.63, 3.8) is 0 Å². The van der Waals surface area contributed by atoms with Gasteiger partial charge in [-0.25, -0.2) is 0 Å². The molecule has 3 fully saturated rings. The molecule has 1 aliphatic carbocycles. The Labute approximate surface area is 179 Å². The van der Waals surface area contributed by atoms with Gasteiger partial charge in [0.1, 0.15) is 0 Å². The zero-order valence-corrected chi connectivity index (χ0v) is 18.0. The minimum absolute atomic E-state index is 0.0835. The number of piperidine rings is 1. The van der Waals surface area contributed by atoms with Gasteiger partial charge in [0, 0.05) is 43.5 Å². The van der Waals surface area contributed by atoms with E-state index in [-0.39, 0.29) is 23.8 Å². The number of anilines is 2. The lowest BCUT2D eigenvalue weighted by Gasteiger charge is -2.30. The normalized spacial score (nSPS) is 22.7. The van der Waals surface area contributed by atoms with Crippen LogP contribution in [0.15, 0.2) is 18.2 Å². The van der Waals surface area contributed by atoms with Gasteiger partial charge in [0.15, 0.2) is 0 Å². The van der Waals surface area contributed by atoms with Crippen LogP contribution in [-0.2, 0) is 9.53 Å². The van der Waals surface area contributed by atoms with Crippen LogP contribution in [0.2, 0.25) is 0 Å². The van der Waals surface area contributed by atoms with Crippen LogP contribution in [0.1, 0.15) is 74.6 Å². The Balaban J connectivity index is 1.49. The van der Waals surface area contributed by atoms with Crippen LogP contribution in [0.25, 0.3) is 0 Å². The Kier molecular flexibility index (Phi) is 7.26. The van der Waals surface area contributed by atoms with Crippen molar-refractivity contribution in [2.24, 2.45) is 5.92 Å². The number of rotatable bonds is 6. The average Bonchev–Trinajstić information content (AvgIpc) is 3.32. The molecule has 0 spiro atoms. The summed E-state index contributed by atoms with van der Waals surface area (Å²) < 4.78 is 5.65. The molecule has 0 unspecified atom stereocenters. The number of nitrogens with one attached hydrogen (secondary N) is 2. The number of benzene rings is 1. The third-order valence-corrected chi connectivity index (χ3v) is 6.70. The number of nitrogens with zero attached hydrogens (tertiary/aromatic N) is 1. The van der Waals surface area contributed by atoms with Gasteiger partial charge in [-0.1, -0.05) is 19.3 Å². The Hall–Kier alpha value is -2.08. The van der Waals surface area contributed by atoms with E-state index in [0.29, 0.717) is 17.8 Å². The topological polar surface area (TPSA) is 70.7 Å². The Morgan fingerprint density at radius 1 is 0.967 bits per heavy atom. The fraction of sp³-hybridized carbons (Fsp3) is 0.667. The minimum atomic E-state index is -0.0835. The smallest absolute Gasteiger partial charge is 0.253 e. The molecule has 1 aromatic carbocycles. The van der Waals surface area contributed by atoms with Gasteiger partial charge in [0.2, 0.25) is 5.91 Å². The molecule has 164 valence electrons. The molecule has 1 aromatic rings. The van der Waals surface area contributed by atoms with E-state index in [1.165, 1.54) is 12.8 Å². The summed E-state index contributed by atoms with van der Waals surface area (Å²) in [6, 6.07) is 5.81. The first kappa shape index (κ1) is 21.2. The maximum Gasteiger partial charge on any atom is 0.253 e. The Morgan fingerprint density at radius 2 is 1.73 bits per heavy atom. The third-order valence-electron chi connectivity index (χ3n) is 6.70. The molecule has 2 saturated heterocycles. The Bertz CT molecular complexity index is 733. The summed E-state index contributed by atoms with van der Waals surface area (Å²) in [6.07, 6.45) is 11.1. The summed E-state index contributed by atoms with van der Waals surface area (Å²) in [4.78, 5) is 28.1. The molecule has 1 atom stereocenters. The number of ether oxygens (including phenoxy) is 1. The van der Waals surface area contributed by atoms with Crippen molar-refractivity contribution in [1.82, 2.24) is 5.32 Å². The van der Waals surface area contributed by atoms with Gasteiger partial charge in [0.25, 0.3) is 5.91 Å². The standard InChI is InChI=1S/C24H35N3O3/c28-23(18-8-3-1-4-9-18)26-19-11-12-22(27-13-5-2-6-14-27)21(16-19)24(29)25-17-20-10-7-15-30-20/h11-12,16,18,20H,1-10,13-15,17H2,(H,25,29)(H,26,28)/t20-/m0/s1. The van der Waals surface area contributed by atoms with Crippen molar-refractivity contribution in [1.29, 1.82) is 0 Å². The van der Waals surface area contributed by atoms with Crippen LogP contribution in [0.3, 0.4) is 0 Å². The first-order chi connectivity index (χ1) is 14.7. The van der Waals surface area contributed by atoms with Gasteiger partial charge in [-0.15, -0.1) is 0 Å². The average molecular weight is 414 g/mol. The zero-order valence-electron chi connectivity index (χ0n) is 18.0. The van der Waals surface area contributed by atoms with E-state index in [4.69, 9.17) is 4.74 Å². The highest BCUT2D eigenvalue weighted by atomic mass is 16.5. The van der Waals surface area contributed by atoms with Crippen LogP contribution in [0.4, 0.5) is 11.4 Å². The van der Waals surface area contributed by atoms with E-state index in [1.54, 1.807) is 0 Å². The van der Waals surface area contributed by atoms with Gasteiger partial charge in [-0.2, -0.15) is 0 Å². The Morgan fingerprint density at radius 3 is 2.47 bits per heavy atom. The highest BCUT2D eigenvalue weighted by molar-refractivity contribution is 6.02. The predicted molar refractivity (Wildman–Crippen MR) is 119 cm³/mol. The number of carbonyl (C=O) groups excluding carboxylic acids is 2. The molecule has 0 bridgehead atoms. The van der Waals surface area contributed by atoms with Crippen molar-refractivity contribution in [2.75, 3.05) is 36.5 Å². The quantitative estimate of drug-likeness (QED) is 0.736. The molecule has 30 heavy (non-hydrogen) atoms. The molecule has 2 amide bonds. The molecule has 2 aliphatic heterocycles. The number of hydrogen-bond donors (Lipinski definition) is 2. The van der Waals surface area contributed by atoms with E-state index in [1.807, 2.05) is 18.2 Å². The second-order valence-corrected chi connectivity index (χ2v) is 8.95. The monoisotopic (exact) mass is 413 g/mol. The molecule has 6 nitrogen and oxygen atoms in total. The molecule has 1 saturated carbocycles. The number of hydrogen-bond acceptors (Lipinski definition) is 4. The van der Waals surface area contributed by atoms with Gasteiger partial charge in [-0.3, -0.25) is 9.59 Å². The molecular weight excluding hydrogens is 378 g/mol. The number of carbonyl (C=O) groups is 2. The fourth-order valence-electron chi connectivity index (χ4n) is 4.92. The van der Waals surface area contributed by atoms with Crippen LogP contribution in [0, 0.1) is 5.92 Å². The first-order valence-corrected chi connectivity index (χ1v) is 11.8. The highest BCUT2D eigenvalue weighted by Crippen LogP contribution is 2.29. The van der Waals surface area contributed by atoms with Crippen molar-refractivity contribution in [3.8, 4) is 0 Å². The van der Waals surface area contributed by atoms with Crippen LogP contribution >= 0.6 is 0 Å². The summed E-state index contributed by atoms with van der Waals surface area (Å²) >= 11 is 0. The van der Waals surface area contributed by atoms with E-state index < -0.39 is 0 Å². The van der Waals surface area contributed by atoms with E-state index in [0.717, 1.165) is 76.8 Å². The molecular formula is C24H35N3O3. The molecule has 2 N–H and O–H groups in total. The van der Waals surface area contributed by atoms with Crippen molar-refractivity contribution in [3.05, 3.63) is 23.8 Å². The molecule has 4 rings (SSSR count). The fourth-order valence-corrected chi connectivity index (χ4v) is 4.92. The summed E-state index contributed by atoms with van der Waals surface area (Å²) in [6.45, 7) is 3.26. The second-order valence-electron chi connectivity index (χ2n) is 8.95. The lowest BCUT2D eigenvalue weighted by atomic mass is 9.88. The first-order valence-electron chi connectivity index (χ1n) is 11.8. The van der Waals surface area contributed by atoms with Gasteiger partial charge < -0.3 is 20.3 Å². The lowest BCUT2D eigenvalue weighted by molar-refractivity contribution is -0.120. The molecule has 6 heteroatoms. The minimum Gasteiger partial charge on any atom is -0.376 e. The third kappa shape index (κ3) is 5.34. The van der Waals surface area contributed by atoms with E-state index in [9.17, 15) is 9.59 Å². The van der Waals surface area contributed by atoms with Crippen LogP contribution < -0.4 is 15.5 Å².